The highest BCUT2D eigenvalue weighted by molar-refractivity contribution is 6.33. The van der Waals surface area contributed by atoms with Gasteiger partial charge in [-0.15, -0.1) is 0 Å². The van der Waals surface area contributed by atoms with Gasteiger partial charge in [-0.3, -0.25) is 9.89 Å². The van der Waals surface area contributed by atoms with Crippen LogP contribution in [-0.4, -0.2) is 87.8 Å². The molecule has 220 valence electrons. The molecule has 2 fully saturated rings. The molecule has 42 heavy (non-hydrogen) atoms. The lowest BCUT2D eigenvalue weighted by Crippen LogP contribution is -2.55. The highest BCUT2D eigenvalue weighted by Crippen LogP contribution is 2.39. The number of ether oxygens (including phenoxy) is 1. The summed E-state index contributed by atoms with van der Waals surface area (Å²) >= 11 is 6.89. The zero-order valence-corrected chi connectivity index (χ0v) is 24.8. The summed E-state index contributed by atoms with van der Waals surface area (Å²) < 4.78 is 6.27. The quantitative estimate of drug-likeness (QED) is 0.399. The van der Waals surface area contributed by atoms with Crippen LogP contribution in [0.15, 0.2) is 24.9 Å². The van der Waals surface area contributed by atoms with Crippen LogP contribution in [0.3, 0.4) is 0 Å². The van der Waals surface area contributed by atoms with Gasteiger partial charge in [-0.25, -0.2) is 0 Å². The van der Waals surface area contributed by atoms with Crippen molar-refractivity contribution in [1.29, 1.82) is 5.26 Å². The second-order valence-corrected chi connectivity index (χ2v) is 11.8. The molecule has 3 aliphatic rings. The summed E-state index contributed by atoms with van der Waals surface area (Å²) in [5.74, 6) is 0.632. The van der Waals surface area contributed by atoms with Gasteiger partial charge in [0.15, 0.2) is 0 Å². The Morgan fingerprint density at radius 1 is 1.31 bits per heavy atom. The number of nitrogens with zero attached hydrogens (tertiary/aromatic N) is 7. The number of hydrogen-bond acceptors (Lipinski definition) is 9. The number of piperazine rings is 1. The van der Waals surface area contributed by atoms with Gasteiger partial charge in [0, 0.05) is 60.7 Å². The maximum Gasteiger partial charge on any atom is 0.318 e. The Morgan fingerprint density at radius 2 is 2.17 bits per heavy atom. The predicted octanol–water partition coefficient (Wildman–Crippen LogP) is 3.29. The summed E-state index contributed by atoms with van der Waals surface area (Å²) in [5, 5.41) is 22.2. The van der Waals surface area contributed by atoms with Crippen LogP contribution in [0.1, 0.15) is 47.7 Å². The van der Waals surface area contributed by atoms with E-state index in [4.69, 9.17) is 26.3 Å². The zero-order valence-electron chi connectivity index (χ0n) is 24.1. The summed E-state index contributed by atoms with van der Waals surface area (Å²) in [6, 6.07) is 4.61. The maximum absolute atomic E-state index is 12.5. The standard InChI is InChI=1S/C30H36ClN9O2/c1-4-26(41)40-11-10-39(16-19(40)7-8-32)29-22-14-33-25(27-21-15-34-37-24(21)12-18(2)28(27)31)13-23(22)35-30(36-29)42-17-20-6-5-9-38(20)3/h4,12,15,19-20,25,33H,1,5-7,9-11,13-14,16-17H2,2-3H3,(H,34,37)/t19-,20-,25-/m0/s1. The van der Waals surface area contributed by atoms with Crippen molar-refractivity contribution in [3.8, 4) is 12.1 Å². The van der Waals surface area contributed by atoms with E-state index < -0.39 is 0 Å². The minimum Gasteiger partial charge on any atom is -0.462 e. The smallest absolute Gasteiger partial charge is 0.318 e. The average molecular weight is 590 g/mol. The van der Waals surface area contributed by atoms with Gasteiger partial charge in [0.1, 0.15) is 12.4 Å². The van der Waals surface area contributed by atoms with E-state index >= 15 is 0 Å². The van der Waals surface area contributed by atoms with Gasteiger partial charge < -0.3 is 24.8 Å². The highest BCUT2D eigenvalue weighted by atomic mass is 35.5. The second-order valence-electron chi connectivity index (χ2n) is 11.4. The van der Waals surface area contributed by atoms with E-state index in [0.717, 1.165) is 63.5 Å². The minimum atomic E-state index is -0.263. The molecule has 0 aliphatic carbocycles. The first-order valence-corrected chi connectivity index (χ1v) is 14.9. The molecule has 12 heteroatoms. The van der Waals surface area contributed by atoms with E-state index in [1.54, 1.807) is 4.90 Å². The molecule has 1 amide bonds. The van der Waals surface area contributed by atoms with E-state index in [1.807, 2.05) is 19.2 Å². The fraction of sp³-hybridized carbons (Fsp3) is 0.500. The van der Waals surface area contributed by atoms with E-state index in [0.29, 0.717) is 51.3 Å². The molecule has 0 unspecified atom stereocenters. The Bertz CT molecular complexity index is 1550. The molecular formula is C30H36ClN9O2. The van der Waals surface area contributed by atoms with Gasteiger partial charge in [0.05, 0.1) is 35.9 Å². The molecule has 2 aromatic heterocycles. The number of carbonyl (C=O) groups excluding carboxylic acids is 1. The molecule has 3 aliphatic heterocycles. The molecule has 0 spiro atoms. The predicted molar refractivity (Wildman–Crippen MR) is 160 cm³/mol. The fourth-order valence-corrected chi connectivity index (χ4v) is 6.82. The number of amides is 1. The van der Waals surface area contributed by atoms with Gasteiger partial charge in [0.25, 0.3) is 0 Å². The van der Waals surface area contributed by atoms with Crippen LogP contribution in [0.25, 0.3) is 10.9 Å². The number of carbonyl (C=O) groups is 1. The van der Waals surface area contributed by atoms with Crippen molar-refractivity contribution in [2.24, 2.45) is 0 Å². The number of H-pyrrole nitrogens is 1. The number of anilines is 1. The number of benzene rings is 1. The summed E-state index contributed by atoms with van der Waals surface area (Å²) in [6.07, 6.45) is 6.21. The van der Waals surface area contributed by atoms with E-state index in [2.05, 4.69) is 45.0 Å². The Morgan fingerprint density at radius 3 is 2.93 bits per heavy atom. The number of fused-ring (bicyclic) bond motifs is 2. The van der Waals surface area contributed by atoms with Gasteiger partial charge in [0.2, 0.25) is 5.91 Å². The van der Waals surface area contributed by atoms with Crippen molar-refractivity contribution >= 4 is 34.2 Å². The molecule has 0 saturated carbocycles. The highest BCUT2D eigenvalue weighted by Gasteiger charge is 2.34. The van der Waals surface area contributed by atoms with Gasteiger partial charge in [-0.05, 0) is 56.6 Å². The first-order valence-electron chi connectivity index (χ1n) is 14.5. The lowest BCUT2D eigenvalue weighted by atomic mass is 9.92. The molecule has 3 aromatic rings. The molecule has 1 aromatic carbocycles. The number of halogens is 1. The van der Waals surface area contributed by atoms with Crippen molar-refractivity contribution in [3.63, 3.8) is 0 Å². The molecule has 11 nitrogen and oxygen atoms in total. The number of rotatable bonds is 7. The van der Waals surface area contributed by atoms with Gasteiger partial charge in [-0.1, -0.05) is 18.2 Å². The molecule has 2 N–H and O–H groups in total. The Labute approximate surface area is 250 Å². The van der Waals surface area contributed by atoms with Crippen molar-refractivity contribution in [2.45, 2.75) is 57.3 Å². The van der Waals surface area contributed by atoms with Gasteiger partial charge >= 0.3 is 6.01 Å². The minimum absolute atomic E-state index is 0.0741. The Kier molecular flexibility index (Phi) is 8.03. The van der Waals surface area contributed by atoms with Crippen molar-refractivity contribution in [3.05, 3.63) is 52.3 Å². The number of likely N-dealkylation sites (N-methyl/N-ethyl adjacent to an activating group) is 1. The first-order chi connectivity index (χ1) is 20.4. The van der Waals surface area contributed by atoms with Crippen LogP contribution in [0, 0.1) is 18.3 Å². The number of likely N-dealkylation sites (tertiary alicyclic amines) is 1. The topological polar surface area (TPSA) is 126 Å². The monoisotopic (exact) mass is 589 g/mol. The summed E-state index contributed by atoms with van der Waals surface area (Å²) in [7, 11) is 2.12. The number of aryl methyl sites for hydroxylation is 1. The van der Waals surface area contributed by atoms with Crippen LogP contribution >= 0.6 is 11.6 Å². The van der Waals surface area contributed by atoms with E-state index in [-0.39, 0.29) is 24.4 Å². The summed E-state index contributed by atoms with van der Waals surface area (Å²) in [4.78, 5) is 28.6. The lowest BCUT2D eigenvalue weighted by Gasteiger charge is -2.42. The average Bonchev–Trinajstić information content (AvgIpc) is 3.63. The third kappa shape index (κ3) is 5.30. The van der Waals surface area contributed by atoms with E-state index in [9.17, 15) is 10.1 Å². The van der Waals surface area contributed by atoms with Crippen LogP contribution in [0.4, 0.5) is 5.82 Å². The normalized spacial score (nSPS) is 22.7. The Balaban J connectivity index is 1.35. The summed E-state index contributed by atoms with van der Waals surface area (Å²) in [6.45, 7) is 9.32. The SMILES string of the molecule is C=CC(=O)N1CCN(c2nc(OC[C@@H]3CCCN3C)nc3c2CN[C@H](c2c(Cl)c(C)cc4[nH]ncc24)C3)C[C@@H]1CC#N. The zero-order chi connectivity index (χ0) is 29.4. The second kappa shape index (κ2) is 11.9. The number of nitriles is 1. The number of hydrogen-bond donors (Lipinski definition) is 2. The Hall–Kier alpha value is -3.72. The molecule has 0 radical (unpaired) electrons. The number of aromatic amines is 1. The fourth-order valence-electron chi connectivity index (χ4n) is 6.53. The van der Waals surface area contributed by atoms with Crippen molar-refractivity contribution in [1.82, 2.24) is 35.3 Å². The van der Waals surface area contributed by atoms with Crippen LogP contribution in [-0.2, 0) is 17.8 Å². The number of nitrogens with one attached hydrogen (secondary N) is 2. The van der Waals surface area contributed by atoms with Crippen LogP contribution in [0.2, 0.25) is 5.02 Å². The van der Waals surface area contributed by atoms with Crippen LogP contribution in [0.5, 0.6) is 6.01 Å². The van der Waals surface area contributed by atoms with Gasteiger partial charge in [-0.2, -0.15) is 20.3 Å². The molecule has 2 saturated heterocycles. The van der Waals surface area contributed by atoms with Crippen LogP contribution < -0.4 is 15.0 Å². The summed E-state index contributed by atoms with van der Waals surface area (Å²) in [5.41, 5.74) is 4.85. The van der Waals surface area contributed by atoms with Crippen molar-refractivity contribution < 1.29 is 9.53 Å². The molecule has 3 atom stereocenters. The molecular weight excluding hydrogens is 554 g/mol. The molecule has 0 bridgehead atoms. The lowest BCUT2D eigenvalue weighted by molar-refractivity contribution is -0.128. The maximum atomic E-state index is 12.5. The molecule has 6 rings (SSSR count). The first kappa shape index (κ1) is 28.4. The molecule has 5 heterocycles. The largest absolute Gasteiger partial charge is 0.462 e. The third-order valence-corrected chi connectivity index (χ3v) is 9.37. The van der Waals surface area contributed by atoms with E-state index in [1.165, 1.54) is 6.08 Å². The van der Waals surface area contributed by atoms with Crippen molar-refractivity contribution in [2.75, 3.05) is 44.7 Å². The number of aromatic nitrogens is 4. The third-order valence-electron chi connectivity index (χ3n) is 8.87.